The number of esters is 1. The van der Waals surface area contributed by atoms with Crippen molar-refractivity contribution in [3.63, 3.8) is 0 Å². The molecular weight excluding hydrogens is 328 g/mol. The van der Waals surface area contributed by atoms with E-state index < -0.39 is 0 Å². The Labute approximate surface area is 143 Å². The minimum Gasteiger partial charge on any atom is -0.457 e. The van der Waals surface area contributed by atoms with Crippen LogP contribution in [0.25, 0.3) is 0 Å². The van der Waals surface area contributed by atoms with Crippen molar-refractivity contribution in [1.29, 1.82) is 0 Å². The van der Waals surface area contributed by atoms with Crippen LogP contribution in [-0.2, 0) is 24.1 Å². The Kier molecular flexibility index (Phi) is 4.95. The summed E-state index contributed by atoms with van der Waals surface area (Å²) < 4.78 is 12.0. The standard InChI is InChI=1S/C16H16N4O3S/c1-11-18-15(23-19-11)10-24-14-5-3-13(4-6-14)16(21)22-9-12-7-17-20(2)8-12/h3-8H,9-10H2,1-2H3. The molecule has 124 valence electrons. The highest BCUT2D eigenvalue weighted by Gasteiger charge is 2.09. The van der Waals surface area contributed by atoms with Gasteiger partial charge in [-0.2, -0.15) is 10.1 Å². The molecule has 0 fully saturated rings. The second-order valence-electron chi connectivity index (χ2n) is 5.15. The Morgan fingerprint density at radius 2 is 2.12 bits per heavy atom. The molecule has 0 saturated heterocycles. The number of aryl methyl sites for hydroxylation is 2. The number of carbonyl (C=O) groups excluding carboxylic acids is 1. The second kappa shape index (κ2) is 7.31. The van der Waals surface area contributed by atoms with Crippen molar-refractivity contribution in [3.05, 3.63) is 59.5 Å². The lowest BCUT2D eigenvalue weighted by Gasteiger charge is -2.04. The van der Waals surface area contributed by atoms with Gasteiger partial charge in [-0.25, -0.2) is 4.79 Å². The van der Waals surface area contributed by atoms with E-state index in [0.717, 1.165) is 10.5 Å². The van der Waals surface area contributed by atoms with Crippen LogP contribution in [0.5, 0.6) is 0 Å². The van der Waals surface area contributed by atoms with Gasteiger partial charge >= 0.3 is 5.97 Å². The molecule has 1 aromatic carbocycles. The number of ether oxygens (including phenoxy) is 1. The van der Waals surface area contributed by atoms with Crippen LogP contribution in [-0.4, -0.2) is 25.9 Å². The van der Waals surface area contributed by atoms with Gasteiger partial charge in [0.15, 0.2) is 5.82 Å². The van der Waals surface area contributed by atoms with E-state index in [9.17, 15) is 4.79 Å². The highest BCUT2D eigenvalue weighted by Crippen LogP contribution is 2.22. The Bertz CT molecular complexity index is 826. The first-order chi connectivity index (χ1) is 11.6. The molecule has 0 aliphatic heterocycles. The molecule has 24 heavy (non-hydrogen) atoms. The van der Waals surface area contributed by atoms with Crippen molar-refractivity contribution >= 4 is 17.7 Å². The van der Waals surface area contributed by atoms with Crippen LogP contribution in [0.2, 0.25) is 0 Å². The third kappa shape index (κ3) is 4.23. The summed E-state index contributed by atoms with van der Waals surface area (Å²) >= 11 is 1.56. The van der Waals surface area contributed by atoms with Crippen LogP contribution in [0.4, 0.5) is 0 Å². The smallest absolute Gasteiger partial charge is 0.338 e. The summed E-state index contributed by atoms with van der Waals surface area (Å²) in [5.74, 6) is 1.43. The number of nitrogens with zero attached hydrogens (tertiary/aromatic N) is 4. The first kappa shape index (κ1) is 16.3. The van der Waals surface area contributed by atoms with Crippen LogP contribution in [0.3, 0.4) is 0 Å². The van der Waals surface area contributed by atoms with Crippen molar-refractivity contribution in [2.24, 2.45) is 7.05 Å². The van der Waals surface area contributed by atoms with Gasteiger partial charge in [-0.15, -0.1) is 11.8 Å². The van der Waals surface area contributed by atoms with E-state index in [-0.39, 0.29) is 12.6 Å². The number of benzene rings is 1. The van der Waals surface area contributed by atoms with Crippen LogP contribution >= 0.6 is 11.8 Å². The number of hydrogen-bond donors (Lipinski definition) is 0. The molecule has 0 N–H and O–H groups in total. The number of aromatic nitrogens is 4. The zero-order valence-corrected chi connectivity index (χ0v) is 14.1. The topological polar surface area (TPSA) is 83.0 Å². The zero-order valence-electron chi connectivity index (χ0n) is 13.3. The molecular formula is C16H16N4O3S. The van der Waals surface area contributed by atoms with Gasteiger partial charge in [-0.3, -0.25) is 4.68 Å². The Morgan fingerprint density at radius 1 is 1.33 bits per heavy atom. The minimum atomic E-state index is -0.358. The minimum absolute atomic E-state index is 0.208. The average molecular weight is 344 g/mol. The summed E-state index contributed by atoms with van der Waals surface area (Å²) in [5.41, 5.74) is 1.37. The van der Waals surface area contributed by atoms with Gasteiger partial charge in [0.05, 0.1) is 17.5 Å². The third-order valence-corrected chi connectivity index (χ3v) is 4.15. The maximum absolute atomic E-state index is 12.0. The third-order valence-electron chi connectivity index (χ3n) is 3.15. The monoisotopic (exact) mass is 344 g/mol. The normalized spacial score (nSPS) is 10.8. The molecule has 0 aliphatic carbocycles. The van der Waals surface area contributed by atoms with Crippen molar-refractivity contribution in [2.45, 2.75) is 24.2 Å². The number of rotatable bonds is 6. The van der Waals surface area contributed by atoms with E-state index in [1.807, 2.05) is 25.4 Å². The predicted molar refractivity (Wildman–Crippen MR) is 87.4 cm³/mol. The lowest BCUT2D eigenvalue weighted by atomic mass is 10.2. The van der Waals surface area contributed by atoms with Crippen molar-refractivity contribution < 1.29 is 14.1 Å². The summed E-state index contributed by atoms with van der Waals surface area (Å²) in [4.78, 5) is 17.2. The Balaban J connectivity index is 1.52. The quantitative estimate of drug-likeness (QED) is 0.502. The highest BCUT2D eigenvalue weighted by atomic mass is 32.2. The SMILES string of the molecule is Cc1noc(CSc2ccc(C(=O)OCc3cnn(C)c3)cc2)n1. The summed E-state index contributed by atoms with van der Waals surface area (Å²) in [5, 5.41) is 7.78. The zero-order chi connectivity index (χ0) is 16.9. The first-order valence-corrected chi connectivity index (χ1v) is 8.25. The summed E-state index contributed by atoms with van der Waals surface area (Å²) in [6.45, 7) is 1.99. The fourth-order valence-electron chi connectivity index (χ4n) is 2.01. The van der Waals surface area contributed by atoms with E-state index in [2.05, 4.69) is 15.2 Å². The Hall–Kier alpha value is -2.61. The molecule has 0 amide bonds. The highest BCUT2D eigenvalue weighted by molar-refractivity contribution is 7.98. The first-order valence-electron chi connectivity index (χ1n) is 7.27. The van der Waals surface area contributed by atoms with Crippen LogP contribution in [0.1, 0.15) is 27.6 Å². The second-order valence-corrected chi connectivity index (χ2v) is 6.20. The molecule has 0 spiro atoms. The predicted octanol–water partition coefficient (Wildman–Crippen LogP) is 2.76. The molecule has 0 bridgehead atoms. The van der Waals surface area contributed by atoms with E-state index in [0.29, 0.717) is 23.0 Å². The summed E-state index contributed by atoms with van der Waals surface area (Å²) in [6.07, 6.45) is 3.48. The lowest BCUT2D eigenvalue weighted by Crippen LogP contribution is -2.04. The van der Waals surface area contributed by atoms with E-state index in [4.69, 9.17) is 9.26 Å². The molecule has 0 unspecified atom stereocenters. The number of hydrogen-bond acceptors (Lipinski definition) is 7. The largest absolute Gasteiger partial charge is 0.457 e. The molecule has 3 aromatic rings. The summed E-state index contributed by atoms with van der Waals surface area (Å²) in [6, 6.07) is 7.23. The van der Waals surface area contributed by atoms with Gasteiger partial charge in [0, 0.05) is 23.7 Å². The van der Waals surface area contributed by atoms with Gasteiger partial charge < -0.3 is 9.26 Å². The van der Waals surface area contributed by atoms with Gasteiger partial charge in [0.2, 0.25) is 5.89 Å². The van der Waals surface area contributed by atoms with E-state index in [1.54, 1.807) is 41.7 Å². The van der Waals surface area contributed by atoms with Gasteiger partial charge in [0.25, 0.3) is 0 Å². The number of carbonyl (C=O) groups is 1. The van der Waals surface area contributed by atoms with Gasteiger partial charge in [-0.1, -0.05) is 5.16 Å². The molecule has 2 heterocycles. The van der Waals surface area contributed by atoms with Crippen LogP contribution in [0, 0.1) is 6.92 Å². The molecule has 0 aliphatic rings. The maximum atomic E-state index is 12.0. The molecule has 0 saturated carbocycles. The molecule has 8 heteroatoms. The molecule has 2 aromatic heterocycles. The van der Waals surface area contributed by atoms with Crippen molar-refractivity contribution in [2.75, 3.05) is 0 Å². The van der Waals surface area contributed by atoms with Gasteiger partial charge in [0.1, 0.15) is 6.61 Å². The van der Waals surface area contributed by atoms with E-state index >= 15 is 0 Å². The average Bonchev–Trinajstić information content (AvgIpc) is 3.19. The molecule has 3 rings (SSSR count). The molecule has 0 atom stereocenters. The fraction of sp³-hybridized carbons (Fsp3) is 0.250. The van der Waals surface area contributed by atoms with Crippen LogP contribution in [0.15, 0.2) is 46.1 Å². The van der Waals surface area contributed by atoms with Crippen molar-refractivity contribution in [3.8, 4) is 0 Å². The van der Waals surface area contributed by atoms with E-state index in [1.165, 1.54) is 0 Å². The molecule has 7 nitrogen and oxygen atoms in total. The number of thioether (sulfide) groups is 1. The Morgan fingerprint density at radius 3 is 2.75 bits per heavy atom. The van der Waals surface area contributed by atoms with Crippen molar-refractivity contribution in [1.82, 2.24) is 19.9 Å². The van der Waals surface area contributed by atoms with Gasteiger partial charge in [-0.05, 0) is 31.2 Å². The lowest BCUT2D eigenvalue weighted by molar-refractivity contribution is 0.0472. The molecule has 0 radical (unpaired) electrons. The fourth-order valence-corrected chi connectivity index (χ4v) is 2.75. The summed E-state index contributed by atoms with van der Waals surface area (Å²) in [7, 11) is 1.82. The van der Waals surface area contributed by atoms with Crippen LogP contribution < -0.4 is 0 Å². The maximum Gasteiger partial charge on any atom is 0.338 e.